The predicted octanol–water partition coefficient (Wildman–Crippen LogP) is 3.94. The molecule has 2 aromatic carbocycles. The number of aromatic nitrogens is 2. The van der Waals surface area contributed by atoms with E-state index in [0.717, 1.165) is 10.9 Å². The van der Waals surface area contributed by atoms with Crippen LogP contribution in [-0.2, 0) is 17.8 Å². The first-order chi connectivity index (χ1) is 15.4. The number of hydrogen-bond donors (Lipinski definition) is 3. The highest BCUT2D eigenvalue weighted by Gasteiger charge is 2.27. The van der Waals surface area contributed by atoms with Crippen molar-refractivity contribution < 1.29 is 17.5 Å². The number of nitrogens with one attached hydrogen (secondary N) is 2. The summed E-state index contributed by atoms with van der Waals surface area (Å²) in [5.41, 5.74) is 2.64. The molecule has 0 spiro atoms. The van der Waals surface area contributed by atoms with E-state index in [1.54, 1.807) is 27.7 Å². The van der Waals surface area contributed by atoms with Gasteiger partial charge >= 0.3 is 0 Å². The number of rotatable bonds is 4. The maximum Gasteiger partial charge on any atom is 0.259 e. The highest BCUT2D eigenvalue weighted by Crippen LogP contribution is 2.41. The number of piperazine rings is 1. The van der Waals surface area contributed by atoms with E-state index < -0.39 is 22.9 Å². The van der Waals surface area contributed by atoms with Crippen molar-refractivity contribution in [3.05, 3.63) is 42.1 Å². The predicted molar refractivity (Wildman–Crippen MR) is 124 cm³/mol. The number of aryl methyl sites for hydroxylation is 1. The van der Waals surface area contributed by atoms with Crippen LogP contribution in [-0.4, -0.2) is 44.0 Å². The molecule has 7 nitrogen and oxygen atoms in total. The summed E-state index contributed by atoms with van der Waals surface area (Å²) in [7, 11) is 0. The number of hydrogen-bond acceptors (Lipinski definition) is 4. The van der Waals surface area contributed by atoms with Gasteiger partial charge in [-0.2, -0.15) is 0 Å². The molecule has 3 heterocycles. The third-order valence-corrected chi connectivity index (χ3v) is 6.41. The highest BCUT2D eigenvalue weighted by molar-refractivity contribution is 7.80. The molecule has 0 radical (unpaired) electrons. The topological polar surface area (TPSA) is 82.4 Å². The number of benzene rings is 2. The van der Waals surface area contributed by atoms with E-state index in [-0.39, 0.29) is 11.7 Å². The van der Waals surface area contributed by atoms with Crippen LogP contribution in [0, 0.1) is 11.6 Å². The van der Waals surface area contributed by atoms with Crippen molar-refractivity contribution in [2.75, 3.05) is 29.3 Å². The quantitative estimate of drug-likeness (QED) is 0.403. The second-order valence-electron chi connectivity index (χ2n) is 8.09. The van der Waals surface area contributed by atoms with Crippen LogP contribution in [0.1, 0.15) is 13.8 Å². The molecule has 0 saturated carbocycles. The Morgan fingerprint density at radius 3 is 2.84 bits per heavy atom. The minimum absolute atomic E-state index is 0.000391. The summed E-state index contributed by atoms with van der Waals surface area (Å²) in [6.07, 6.45) is 1.82. The molecule has 0 amide bonds. The van der Waals surface area contributed by atoms with Gasteiger partial charge < -0.3 is 14.8 Å². The van der Waals surface area contributed by atoms with Gasteiger partial charge in [0.1, 0.15) is 11.5 Å². The van der Waals surface area contributed by atoms with E-state index in [1.165, 1.54) is 6.07 Å². The van der Waals surface area contributed by atoms with Crippen LogP contribution >= 0.6 is 0 Å². The van der Waals surface area contributed by atoms with E-state index >= 15 is 8.78 Å². The van der Waals surface area contributed by atoms with Crippen LogP contribution in [0.25, 0.3) is 33.1 Å². The van der Waals surface area contributed by atoms with Gasteiger partial charge in [0.2, 0.25) is 0 Å². The van der Waals surface area contributed by atoms with E-state index in [2.05, 4.69) is 15.0 Å². The van der Waals surface area contributed by atoms with Gasteiger partial charge in [0.15, 0.2) is 5.82 Å². The summed E-state index contributed by atoms with van der Waals surface area (Å²) < 4.78 is 55.6. The molecule has 2 unspecified atom stereocenters. The molecule has 5 rings (SSSR count). The summed E-state index contributed by atoms with van der Waals surface area (Å²) in [6.45, 7) is 6.09. The third kappa shape index (κ3) is 3.39. The number of anilines is 2. The Morgan fingerprint density at radius 2 is 2.12 bits per heavy atom. The lowest BCUT2D eigenvalue weighted by Crippen LogP contribution is -2.49. The Hall–Kier alpha value is -2.82. The Bertz CT molecular complexity index is 1340. The van der Waals surface area contributed by atoms with Crippen LogP contribution in [0.4, 0.5) is 20.2 Å². The maximum absolute atomic E-state index is 15.9. The fourth-order valence-electron chi connectivity index (χ4n) is 4.61. The molecule has 2 aromatic rings. The molecule has 0 aromatic heterocycles. The van der Waals surface area contributed by atoms with E-state index in [4.69, 9.17) is 4.55 Å². The monoisotopic (exact) mass is 459 g/mol. The van der Waals surface area contributed by atoms with Crippen molar-refractivity contribution in [3.8, 4) is 11.3 Å². The molecule has 0 bridgehead atoms. The van der Waals surface area contributed by atoms with Gasteiger partial charge in [-0.25, -0.2) is 18.0 Å². The van der Waals surface area contributed by atoms with Crippen LogP contribution in [0.3, 0.4) is 0 Å². The number of nitrogens with zero attached hydrogens (tertiary/aromatic N) is 3. The lowest BCUT2D eigenvalue weighted by molar-refractivity contribution is 0.470. The number of fused-ring (bicyclic) bond motifs is 5. The van der Waals surface area contributed by atoms with E-state index in [0.29, 0.717) is 54.0 Å². The Labute approximate surface area is 186 Å². The zero-order chi connectivity index (χ0) is 22.6. The first-order valence-corrected chi connectivity index (χ1v) is 11.6. The first-order valence-electron chi connectivity index (χ1n) is 10.5. The Morgan fingerprint density at radius 1 is 1.31 bits per heavy atom. The summed E-state index contributed by atoms with van der Waals surface area (Å²) in [5, 5.41) is 4.44. The largest absolute Gasteiger partial charge is 0.364 e. The van der Waals surface area contributed by atoms with Gasteiger partial charge in [-0.3, -0.25) is 9.27 Å². The lowest BCUT2D eigenvalue weighted by Gasteiger charge is -2.34. The lowest BCUT2D eigenvalue weighted by atomic mass is 10.0. The van der Waals surface area contributed by atoms with Crippen molar-refractivity contribution in [2.24, 2.45) is 0 Å². The fourth-order valence-corrected chi connectivity index (χ4v) is 4.94. The van der Waals surface area contributed by atoms with E-state index in [1.807, 2.05) is 20.0 Å². The molecule has 2 atom stereocenters. The molecule has 3 aliphatic heterocycles. The van der Waals surface area contributed by atoms with Crippen molar-refractivity contribution in [2.45, 2.75) is 26.4 Å². The minimum Gasteiger partial charge on any atom is -0.364 e. The van der Waals surface area contributed by atoms with Gasteiger partial charge in [0.05, 0.1) is 16.7 Å². The summed E-state index contributed by atoms with van der Waals surface area (Å²) in [5.74, 6) is -1.19. The zero-order valence-electron chi connectivity index (χ0n) is 17.7. The van der Waals surface area contributed by atoms with Gasteiger partial charge in [-0.05, 0) is 38.1 Å². The summed E-state index contributed by atoms with van der Waals surface area (Å²) in [6, 6.07) is 6.59. The van der Waals surface area contributed by atoms with Crippen molar-refractivity contribution in [1.29, 1.82) is 0 Å². The molecule has 1 saturated heterocycles. The van der Waals surface area contributed by atoms with Crippen LogP contribution in [0.15, 0.2) is 30.5 Å². The van der Waals surface area contributed by atoms with Crippen LogP contribution < -0.4 is 14.9 Å². The maximum atomic E-state index is 15.9. The molecule has 3 N–H and O–H groups in total. The summed E-state index contributed by atoms with van der Waals surface area (Å²) >= 11 is -2.21. The highest BCUT2D eigenvalue weighted by atomic mass is 32.2. The Balaban J connectivity index is 1.77. The SMILES string of the molecule is CCn1cc2c3cc(NS(=O)O)ccc3nc-2c2cc(F)c(N3CCNC(C)C3)c(F)c21. The van der Waals surface area contributed by atoms with Crippen molar-refractivity contribution in [3.63, 3.8) is 0 Å². The molecule has 0 aliphatic carbocycles. The third-order valence-electron chi connectivity index (χ3n) is 6.00. The molecule has 1 fully saturated rings. The van der Waals surface area contributed by atoms with Gasteiger partial charge in [-0.15, -0.1) is 0 Å². The van der Waals surface area contributed by atoms with E-state index in [9.17, 15) is 4.21 Å². The molecule has 3 aliphatic rings. The van der Waals surface area contributed by atoms with Gasteiger partial charge in [0.25, 0.3) is 11.3 Å². The second kappa shape index (κ2) is 7.95. The minimum atomic E-state index is -2.21. The van der Waals surface area contributed by atoms with Crippen molar-refractivity contribution in [1.82, 2.24) is 14.9 Å². The molecule has 10 heteroatoms. The standard InChI is InChI=1S/C22H23F2N5O2S/c1-3-28-11-16-14-8-13(27-32(30)31)4-5-18(14)26-20(16)15-9-17(23)22(19(24)21(15)28)29-7-6-25-12(2)10-29/h4-5,8-9,11-12,25,27H,3,6-7,10H2,1-2H3,(H,30,31). The summed E-state index contributed by atoms with van der Waals surface area (Å²) in [4.78, 5) is 6.40. The second-order valence-corrected chi connectivity index (χ2v) is 8.79. The average Bonchev–Trinajstić information content (AvgIpc) is 3.11. The molecular weight excluding hydrogens is 436 g/mol. The van der Waals surface area contributed by atoms with Gasteiger partial charge in [0, 0.05) is 60.4 Å². The first kappa shape index (κ1) is 21.0. The average molecular weight is 460 g/mol. The normalized spacial score (nSPS) is 18.0. The van der Waals surface area contributed by atoms with Crippen molar-refractivity contribution >= 4 is 44.4 Å². The molecule has 32 heavy (non-hydrogen) atoms. The van der Waals surface area contributed by atoms with Gasteiger partial charge in [-0.1, -0.05) is 0 Å². The number of halogens is 2. The van der Waals surface area contributed by atoms with Crippen LogP contribution in [0.2, 0.25) is 0 Å². The fraction of sp³-hybridized carbons (Fsp3) is 0.318. The molecular formula is C22H23F2N5O2S. The molecule has 168 valence electrons. The Kier molecular flexibility index (Phi) is 5.23. The smallest absolute Gasteiger partial charge is 0.259 e. The number of pyridine rings is 1. The zero-order valence-corrected chi connectivity index (χ0v) is 18.5. The van der Waals surface area contributed by atoms with Crippen LogP contribution in [0.5, 0.6) is 0 Å².